The Labute approximate surface area is 133 Å². The van der Waals surface area contributed by atoms with Crippen LogP contribution in [0.3, 0.4) is 0 Å². The quantitative estimate of drug-likeness (QED) is 0.838. The van der Waals surface area contributed by atoms with Gasteiger partial charge in [-0.1, -0.05) is 54.1 Å². The first-order valence-electron chi connectivity index (χ1n) is 8.03. The first-order valence-corrected chi connectivity index (χ1v) is 8.03. The van der Waals surface area contributed by atoms with Crippen LogP contribution in [0, 0.1) is 24.2 Å². The summed E-state index contributed by atoms with van der Waals surface area (Å²) in [4.78, 5) is 2.48. The van der Waals surface area contributed by atoms with E-state index in [-0.39, 0.29) is 5.92 Å². The van der Waals surface area contributed by atoms with E-state index in [4.69, 9.17) is 5.26 Å². The Balaban J connectivity index is 1.81. The molecule has 0 aliphatic carbocycles. The van der Waals surface area contributed by atoms with Crippen LogP contribution in [-0.2, 0) is 6.54 Å². The van der Waals surface area contributed by atoms with Crippen molar-refractivity contribution in [3.05, 3.63) is 59.7 Å². The molecule has 0 radical (unpaired) electrons. The molecule has 0 bridgehead atoms. The molecule has 1 aliphatic rings. The summed E-state index contributed by atoms with van der Waals surface area (Å²) in [5, 5.41) is 9.03. The fraction of sp³-hybridized carbons (Fsp3) is 0.350. The molecule has 0 unspecified atom stereocenters. The highest BCUT2D eigenvalue weighted by Crippen LogP contribution is 2.27. The van der Waals surface area contributed by atoms with E-state index in [2.05, 4.69) is 66.4 Å². The van der Waals surface area contributed by atoms with Gasteiger partial charge in [-0.3, -0.25) is 4.90 Å². The van der Waals surface area contributed by atoms with E-state index in [1.165, 1.54) is 22.3 Å². The molecule has 0 N–H and O–H groups in total. The van der Waals surface area contributed by atoms with E-state index < -0.39 is 0 Å². The third-order valence-corrected chi connectivity index (χ3v) is 4.51. The highest BCUT2D eigenvalue weighted by molar-refractivity contribution is 5.67. The Morgan fingerprint density at radius 1 is 1.09 bits per heavy atom. The monoisotopic (exact) mass is 290 g/mol. The van der Waals surface area contributed by atoms with Gasteiger partial charge in [-0.2, -0.15) is 5.26 Å². The molecule has 2 aromatic rings. The minimum Gasteiger partial charge on any atom is -0.299 e. The van der Waals surface area contributed by atoms with Crippen LogP contribution in [0.4, 0.5) is 0 Å². The smallest absolute Gasteiger partial charge is 0.0656 e. The average molecular weight is 290 g/mol. The highest BCUT2D eigenvalue weighted by Gasteiger charge is 2.19. The molecular formula is C20H22N2. The minimum atomic E-state index is 0.252. The molecule has 0 saturated carbocycles. The highest BCUT2D eigenvalue weighted by atomic mass is 15.1. The van der Waals surface area contributed by atoms with Gasteiger partial charge in [-0.25, -0.2) is 0 Å². The second kappa shape index (κ2) is 6.77. The minimum absolute atomic E-state index is 0.252. The van der Waals surface area contributed by atoms with Gasteiger partial charge >= 0.3 is 0 Å². The van der Waals surface area contributed by atoms with Crippen LogP contribution < -0.4 is 0 Å². The van der Waals surface area contributed by atoms with Gasteiger partial charge in [0.05, 0.1) is 6.07 Å². The molecule has 2 nitrogen and oxygen atoms in total. The van der Waals surface area contributed by atoms with Crippen LogP contribution in [0.25, 0.3) is 11.1 Å². The number of piperidine rings is 1. The third-order valence-electron chi connectivity index (χ3n) is 4.51. The molecule has 0 atom stereocenters. The van der Waals surface area contributed by atoms with Crippen LogP contribution >= 0.6 is 0 Å². The molecule has 2 aromatic carbocycles. The maximum atomic E-state index is 9.03. The van der Waals surface area contributed by atoms with Gasteiger partial charge in [0.25, 0.3) is 0 Å². The average Bonchev–Trinajstić information content (AvgIpc) is 2.56. The zero-order chi connectivity index (χ0) is 15.4. The Morgan fingerprint density at radius 3 is 2.50 bits per heavy atom. The van der Waals surface area contributed by atoms with Crippen molar-refractivity contribution in [1.29, 1.82) is 5.26 Å². The summed E-state index contributed by atoms with van der Waals surface area (Å²) in [6, 6.07) is 19.7. The van der Waals surface area contributed by atoms with E-state index >= 15 is 0 Å². The third kappa shape index (κ3) is 3.37. The van der Waals surface area contributed by atoms with Gasteiger partial charge < -0.3 is 0 Å². The van der Waals surface area contributed by atoms with Crippen LogP contribution in [0.1, 0.15) is 24.0 Å². The number of hydrogen-bond donors (Lipinski definition) is 0. The summed E-state index contributed by atoms with van der Waals surface area (Å²) in [5.41, 5.74) is 5.31. The van der Waals surface area contributed by atoms with Crippen LogP contribution in [0.15, 0.2) is 48.5 Å². The fourth-order valence-corrected chi connectivity index (χ4v) is 3.21. The summed E-state index contributed by atoms with van der Waals surface area (Å²) in [6.07, 6.45) is 2.01. The fourth-order valence-electron chi connectivity index (χ4n) is 3.21. The lowest BCUT2D eigenvalue weighted by Gasteiger charge is -2.29. The van der Waals surface area contributed by atoms with Gasteiger partial charge in [-0.05, 0) is 49.5 Å². The Morgan fingerprint density at radius 2 is 1.82 bits per heavy atom. The molecule has 22 heavy (non-hydrogen) atoms. The van der Waals surface area contributed by atoms with Gasteiger partial charge in [-0.15, -0.1) is 0 Å². The number of nitriles is 1. The van der Waals surface area contributed by atoms with Gasteiger partial charge in [0.15, 0.2) is 0 Å². The predicted octanol–water partition coefficient (Wildman–Crippen LogP) is 4.40. The molecule has 1 aliphatic heterocycles. The van der Waals surface area contributed by atoms with Crippen molar-refractivity contribution in [3.63, 3.8) is 0 Å². The molecular weight excluding hydrogens is 268 g/mol. The predicted molar refractivity (Wildman–Crippen MR) is 90.2 cm³/mol. The second-order valence-electron chi connectivity index (χ2n) is 6.21. The molecule has 0 aromatic heterocycles. The van der Waals surface area contributed by atoms with Crippen LogP contribution in [0.2, 0.25) is 0 Å². The van der Waals surface area contributed by atoms with Crippen LogP contribution in [-0.4, -0.2) is 18.0 Å². The Hall–Kier alpha value is -2.11. The van der Waals surface area contributed by atoms with Gasteiger partial charge in [0.1, 0.15) is 0 Å². The SMILES string of the molecule is Cc1ccc(-c2ccccc2)c(CN2CCC(C#N)CC2)c1. The second-order valence-corrected chi connectivity index (χ2v) is 6.21. The molecule has 1 fully saturated rings. The van der Waals surface area contributed by atoms with Crippen molar-refractivity contribution in [2.75, 3.05) is 13.1 Å². The van der Waals surface area contributed by atoms with Crippen LogP contribution in [0.5, 0.6) is 0 Å². The lowest BCUT2D eigenvalue weighted by Crippen LogP contribution is -2.32. The van der Waals surface area contributed by atoms with E-state index in [0.29, 0.717) is 0 Å². The topological polar surface area (TPSA) is 27.0 Å². The molecule has 0 spiro atoms. The summed E-state index contributed by atoms with van der Waals surface area (Å²) >= 11 is 0. The molecule has 3 rings (SSSR count). The normalized spacial score (nSPS) is 16.4. The molecule has 112 valence electrons. The molecule has 1 heterocycles. The maximum absolute atomic E-state index is 9.03. The zero-order valence-corrected chi connectivity index (χ0v) is 13.1. The number of benzene rings is 2. The summed E-state index contributed by atoms with van der Waals surface area (Å²) in [7, 11) is 0. The van der Waals surface area contributed by atoms with Gasteiger partial charge in [0.2, 0.25) is 0 Å². The zero-order valence-electron chi connectivity index (χ0n) is 13.1. The Bertz CT molecular complexity index is 662. The summed E-state index contributed by atoms with van der Waals surface area (Å²) < 4.78 is 0. The summed E-state index contributed by atoms with van der Waals surface area (Å²) in [5.74, 6) is 0.252. The van der Waals surface area contributed by atoms with E-state index in [1.54, 1.807) is 0 Å². The number of aryl methyl sites for hydroxylation is 1. The van der Waals surface area contributed by atoms with Crippen molar-refractivity contribution in [3.8, 4) is 17.2 Å². The van der Waals surface area contributed by atoms with Crippen molar-refractivity contribution in [2.45, 2.75) is 26.3 Å². The number of hydrogen-bond acceptors (Lipinski definition) is 2. The number of rotatable bonds is 3. The van der Waals surface area contributed by atoms with E-state index in [1.807, 2.05) is 0 Å². The van der Waals surface area contributed by atoms with Crippen molar-refractivity contribution in [1.82, 2.24) is 4.90 Å². The van der Waals surface area contributed by atoms with Gasteiger partial charge in [0, 0.05) is 12.5 Å². The first-order chi connectivity index (χ1) is 10.8. The number of likely N-dealkylation sites (tertiary alicyclic amines) is 1. The first kappa shape index (κ1) is 14.8. The van der Waals surface area contributed by atoms with Crippen molar-refractivity contribution in [2.24, 2.45) is 5.92 Å². The standard InChI is InChI=1S/C20H22N2/c1-16-7-8-20(18-5-3-2-4-6-18)19(13-16)15-22-11-9-17(14-21)10-12-22/h2-8,13,17H,9-12,15H2,1H3. The Kier molecular flexibility index (Phi) is 4.56. The molecule has 0 amide bonds. The van der Waals surface area contributed by atoms with E-state index in [0.717, 1.165) is 32.5 Å². The summed E-state index contributed by atoms with van der Waals surface area (Å²) in [6.45, 7) is 5.19. The van der Waals surface area contributed by atoms with Crippen molar-refractivity contribution < 1.29 is 0 Å². The largest absolute Gasteiger partial charge is 0.299 e. The number of nitrogens with zero attached hydrogens (tertiary/aromatic N) is 2. The lowest BCUT2D eigenvalue weighted by atomic mass is 9.95. The molecule has 2 heteroatoms. The maximum Gasteiger partial charge on any atom is 0.0656 e. The lowest BCUT2D eigenvalue weighted by molar-refractivity contribution is 0.198. The van der Waals surface area contributed by atoms with E-state index in [9.17, 15) is 0 Å². The van der Waals surface area contributed by atoms with Crippen molar-refractivity contribution >= 4 is 0 Å². The molecule has 1 saturated heterocycles.